The summed E-state index contributed by atoms with van der Waals surface area (Å²) in [5.74, 6) is 0.626. The first-order chi connectivity index (χ1) is 9.74. The van der Waals surface area contributed by atoms with Crippen LogP contribution in [-0.4, -0.2) is 19.9 Å². The van der Waals surface area contributed by atoms with E-state index in [0.29, 0.717) is 11.5 Å². The molecule has 20 heavy (non-hydrogen) atoms. The van der Waals surface area contributed by atoms with E-state index >= 15 is 0 Å². The summed E-state index contributed by atoms with van der Waals surface area (Å²) >= 11 is 4.84. The molecule has 6 heteroatoms. The average molecular weight is 281 g/mol. The van der Waals surface area contributed by atoms with Gasteiger partial charge in [-0.2, -0.15) is 0 Å². The molecule has 5 nitrogen and oxygen atoms in total. The highest BCUT2D eigenvalue weighted by molar-refractivity contribution is 7.80. The zero-order valence-corrected chi connectivity index (χ0v) is 11.3. The smallest absolute Gasteiger partial charge is 0.148 e. The van der Waals surface area contributed by atoms with Crippen LogP contribution in [0.25, 0.3) is 10.8 Å². The quantitative estimate of drug-likeness (QED) is 0.718. The fourth-order valence-electron chi connectivity index (χ4n) is 1.88. The van der Waals surface area contributed by atoms with Crippen LogP contribution < -0.4 is 11.1 Å². The summed E-state index contributed by atoms with van der Waals surface area (Å²) in [6, 6.07) is 7.93. The van der Waals surface area contributed by atoms with Gasteiger partial charge in [0, 0.05) is 23.5 Å². The van der Waals surface area contributed by atoms with E-state index in [1.54, 1.807) is 18.6 Å². The lowest BCUT2D eigenvalue weighted by Gasteiger charge is -2.08. The number of aromatic nitrogens is 3. The molecule has 0 spiro atoms. The Kier molecular flexibility index (Phi) is 3.22. The Bertz CT molecular complexity index is 765. The molecule has 0 bridgehead atoms. The highest BCUT2D eigenvalue weighted by atomic mass is 32.1. The van der Waals surface area contributed by atoms with Crippen molar-refractivity contribution in [3.63, 3.8) is 0 Å². The van der Waals surface area contributed by atoms with E-state index in [-0.39, 0.29) is 4.99 Å². The minimum atomic E-state index is 0.235. The summed E-state index contributed by atoms with van der Waals surface area (Å²) in [5, 5.41) is 5.35. The monoisotopic (exact) mass is 281 g/mol. The van der Waals surface area contributed by atoms with Gasteiger partial charge >= 0.3 is 0 Å². The number of nitrogens with zero attached hydrogens (tertiary/aromatic N) is 3. The van der Waals surface area contributed by atoms with Gasteiger partial charge in [-0.05, 0) is 17.5 Å². The van der Waals surface area contributed by atoms with Crippen molar-refractivity contribution in [1.82, 2.24) is 15.0 Å². The van der Waals surface area contributed by atoms with Crippen LogP contribution in [-0.2, 0) is 0 Å². The SMILES string of the molecule is NC(=S)c1cnc(Nc2cccc3ccncc23)cn1. The molecule has 0 unspecified atom stereocenters. The second-order valence-corrected chi connectivity index (χ2v) is 4.62. The lowest BCUT2D eigenvalue weighted by molar-refractivity contribution is 1.18. The molecule has 0 fully saturated rings. The molecular formula is C14H11N5S. The minimum Gasteiger partial charge on any atom is -0.388 e. The van der Waals surface area contributed by atoms with Gasteiger partial charge in [0.2, 0.25) is 0 Å². The first kappa shape index (κ1) is 12.4. The van der Waals surface area contributed by atoms with E-state index in [2.05, 4.69) is 20.3 Å². The third kappa shape index (κ3) is 2.41. The van der Waals surface area contributed by atoms with Crippen molar-refractivity contribution in [3.8, 4) is 0 Å². The summed E-state index contributed by atoms with van der Waals surface area (Å²) in [4.78, 5) is 12.8. The molecule has 3 rings (SSSR count). The van der Waals surface area contributed by atoms with Gasteiger partial charge in [0.25, 0.3) is 0 Å². The predicted molar refractivity (Wildman–Crippen MR) is 82.9 cm³/mol. The summed E-state index contributed by atoms with van der Waals surface area (Å²) in [5.41, 5.74) is 6.92. The van der Waals surface area contributed by atoms with Gasteiger partial charge in [-0.1, -0.05) is 24.4 Å². The molecule has 0 amide bonds. The lowest BCUT2D eigenvalue weighted by Crippen LogP contribution is -2.12. The average Bonchev–Trinajstić information content (AvgIpc) is 2.48. The zero-order valence-electron chi connectivity index (χ0n) is 10.4. The highest BCUT2D eigenvalue weighted by Crippen LogP contribution is 2.24. The first-order valence-electron chi connectivity index (χ1n) is 5.95. The number of pyridine rings is 1. The number of fused-ring (bicyclic) bond motifs is 1. The second-order valence-electron chi connectivity index (χ2n) is 4.18. The maximum Gasteiger partial charge on any atom is 0.148 e. The molecule has 1 aromatic carbocycles. The van der Waals surface area contributed by atoms with Crippen LogP contribution in [0, 0.1) is 0 Å². The third-order valence-corrected chi connectivity index (χ3v) is 3.06. The van der Waals surface area contributed by atoms with Gasteiger partial charge in [-0.3, -0.25) is 4.98 Å². The van der Waals surface area contributed by atoms with E-state index in [1.807, 2.05) is 30.5 Å². The fourth-order valence-corrected chi connectivity index (χ4v) is 1.99. The fraction of sp³-hybridized carbons (Fsp3) is 0. The van der Waals surface area contributed by atoms with Crippen LogP contribution in [0.1, 0.15) is 5.69 Å². The van der Waals surface area contributed by atoms with E-state index < -0.39 is 0 Å². The molecule has 0 aliphatic heterocycles. The molecule has 98 valence electrons. The summed E-state index contributed by atoms with van der Waals surface area (Å²) in [6.45, 7) is 0. The van der Waals surface area contributed by atoms with Crippen LogP contribution in [0.5, 0.6) is 0 Å². The van der Waals surface area contributed by atoms with E-state index in [9.17, 15) is 0 Å². The molecule has 0 atom stereocenters. The number of nitrogens with one attached hydrogen (secondary N) is 1. The predicted octanol–water partition coefficient (Wildman–Crippen LogP) is 2.40. The number of rotatable bonds is 3. The molecular weight excluding hydrogens is 270 g/mol. The zero-order chi connectivity index (χ0) is 13.9. The van der Waals surface area contributed by atoms with Gasteiger partial charge in [-0.25, -0.2) is 9.97 Å². The van der Waals surface area contributed by atoms with Crippen LogP contribution >= 0.6 is 12.2 Å². The Labute approximate surface area is 120 Å². The molecule has 2 heterocycles. The van der Waals surface area contributed by atoms with Crippen molar-refractivity contribution in [2.75, 3.05) is 5.32 Å². The van der Waals surface area contributed by atoms with Gasteiger partial charge < -0.3 is 11.1 Å². The second kappa shape index (κ2) is 5.18. The van der Waals surface area contributed by atoms with Crippen LogP contribution in [0.2, 0.25) is 0 Å². The van der Waals surface area contributed by atoms with Crippen LogP contribution in [0.15, 0.2) is 49.1 Å². The number of nitrogens with two attached hydrogens (primary N) is 1. The standard InChI is InChI=1S/C14H11N5S/c15-14(20)12-7-18-13(8-17-12)19-11-3-1-2-9-4-5-16-6-10(9)11/h1-8H,(H2,15,20)(H,18,19). The topological polar surface area (TPSA) is 76.7 Å². The van der Waals surface area contributed by atoms with E-state index in [4.69, 9.17) is 18.0 Å². The van der Waals surface area contributed by atoms with Crippen LogP contribution in [0.4, 0.5) is 11.5 Å². The number of hydrogen-bond acceptors (Lipinski definition) is 5. The number of benzene rings is 1. The highest BCUT2D eigenvalue weighted by Gasteiger charge is 2.03. The van der Waals surface area contributed by atoms with Gasteiger partial charge in [0.15, 0.2) is 0 Å². The molecule has 0 saturated heterocycles. The van der Waals surface area contributed by atoms with Crippen molar-refractivity contribution >= 4 is 39.5 Å². The maximum absolute atomic E-state index is 5.49. The van der Waals surface area contributed by atoms with Crippen molar-refractivity contribution in [2.24, 2.45) is 5.73 Å². The normalized spacial score (nSPS) is 10.4. The summed E-state index contributed by atoms with van der Waals surface area (Å²) < 4.78 is 0. The molecule has 0 saturated carbocycles. The third-order valence-electron chi connectivity index (χ3n) is 2.85. The Hall–Kier alpha value is -2.60. The Morgan fingerprint density at radius 2 is 2.00 bits per heavy atom. The summed E-state index contributed by atoms with van der Waals surface area (Å²) in [6.07, 6.45) is 6.73. The lowest BCUT2D eigenvalue weighted by atomic mass is 10.1. The minimum absolute atomic E-state index is 0.235. The Morgan fingerprint density at radius 3 is 2.75 bits per heavy atom. The van der Waals surface area contributed by atoms with Crippen molar-refractivity contribution < 1.29 is 0 Å². The van der Waals surface area contributed by atoms with Crippen molar-refractivity contribution in [2.45, 2.75) is 0 Å². The Balaban J connectivity index is 1.95. The first-order valence-corrected chi connectivity index (χ1v) is 6.36. The maximum atomic E-state index is 5.49. The Morgan fingerprint density at radius 1 is 1.10 bits per heavy atom. The van der Waals surface area contributed by atoms with Gasteiger partial charge in [0.1, 0.15) is 16.5 Å². The largest absolute Gasteiger partial charge is 0.388 e. The molecule has 3 aromatic rings. The molecule has 0 aliphatic rings. The number of anilines is 2. The van der Waals surface area contributed by atoms with Gasteiger partial charge in [-0.15, -0.1) is 0 Å². The number of hydrogen-bond donors (Lipinski definition) is 2. The molecule has 3 N–H and O–H groups in total. The number of thiocarbonyl (C=S) groups is 1. The summed E-state index contributed by atoms with van der Waals surface area (Å²) in [7, 11) is 0. The van der Waals surface area contributed by atoms with Crippen molar-refractivity contribution in [1.29, 1.82) is 0 Å². The van der Waals surface area contributed by atoms with E-state index in [0.717, 1.165) is 16.5 Å². The van der Waals surface area contributed by atoms with Crippen molar-refractivity contribution in [3.05, 3.63) is 54.7 Å². The molecule has 0 radical (unpaired) electrons. The molecule has 2 aromatic heterocycles. The molecule has 0 aliphatic carbocycles. The van der Waals surface area contributed by atoms with E-state index in [1.165, 1.54) is 0 Å². The van der Waals surface area contributed by atoms with Gasteiger partial charge in [0.05, 0.1) is 12.4 Å². The van der Waals surface area contributed by atoms with Crippen LogP contribution in [0.3, 0.4) is 0 Å².